The molecule has 0 aliphatic rings. The van der Waals surface area contributed by atoms with Crippen molar-refractivity contribution < 1.29 is 13.2 Å². The van der Waals surface area contributed by atoms with Crippen LogP contribution in [0.5, 0.6) is 0 Å². The van der Waals surface area contributed by atoms with Crippen molar-refractivity contribution in [2.24, 2.45) is 5.14 Å². The second-order valence-corrected chi connectivity index (χ2v) is 10.3. The second-order valence-electron chi connectivity index (χ2n) is 8.10. The van der Waals surface area contributed by atoms with Crippen LogP contribution in [0.3, 0.4) is 0 Å². The molecule has 0 atom stereocenters. The fraction of sp³-hybridized carbons (Fsp3) is 0.0400. The maximum Gasteiger partial charge on any atom is 0.299 e. The van der Waals surface area contributed by atoms with E-state index in [4.69, 9.17) is 28.3 Å². The van der Waals surface area contributed by atoms with Crippen LogP contribution in [0.4, 0.5) is 0 Å². The quantitative estimate of drug-likeness (QED) is 0.281. The Morgan fingerprint density at radius 3 is 2.39 bits per heavy atom. The Kier molecular flexibility index (Phi) is 6.31. The summed E-state index contributed by atoms with van der Waals surface area (Å²) in [7, 11) is -4.31. The van der Waals surface area contributed by atoms with Crippen molar-refractivity contribution >= 4 is 50.2 Å². The first-order chi connectivity index (χ1) is 17.2. The molecule has 0 radical (unpaired) electrons. The number of fused-ring (bicyclic) bond motifs is 1. The minimum absolute atomic E-state index is 0.0105. The van der Waals surface area contributed by atoms with Crippen molar-refractivity contribution in [2.45, 2.75) is 6.54 Å². The number of carbonyl (C=O) groups is 1. The van der Waals surface area contributed by atoms with Crippen molar-refractivity contribution in [3.63, 3.8) is 0 Å². The SMILES string of the molecule is NS(=O)(=O)NC(=O)c1[nH]c2cc(Cl)ccc2c1-c1c(-c2ccccc2)cnn1Cc1ccc(Cl)cc1. The summed E-state index contributed by atoms with van der Waals surface area (Å²) in [6, 6.07) is 22.1. The van der Waals surface area contributed by atoms with Crippen LogP contribution in [-0.2, 0) is 16.8 Å². The number of nitrogens with zero attached hydrogens (tertiary/aromatic N) is 2. The first-order valence-electron chi connectivity index (χ1n) is 10.7. The summed E-state index contributed by atoms with van der Waals surface area (Å²) < 4.78 is 27.0. The predicted molar refractivity (Wildman–Crippen MR) is 141 cm³/mol. The highest BCUT2D eigenvalue weighted by atomic mass is 35.5. The molecule has 2 aromatic heterocycles. The highest BCUT2D eigenvalue weighted by molar-refractivity contribution is 7.87. The number of aromatic nitrogens is 3. The molecule has 3 aromatic carbocycles. The van der Waals surface area contributed by atoms with E-state index in [2.05, 4.69) is 10.1 Å². The molecule has 0 spiro atoms. The molecule has 2 heterocycles. The lowest BCUT2D eigenvalue weighted by molar-refractivity contribution is 0.0978. The van der Waals surface area contributed by atoms with Gasteiger partial charge in [-0.15, -0.1) is 0 Å². The monoisotopic (exact) mass is 539 g/mol. The van der Waals surface area contributed by atoms with E-state index in [1.54, 1.807) is 41.2 Å². The van der Waals surface area contributed by atoms with Gasteiger partial charge in [0.2, 0.25) is 0 Å². The van der Waals surface area contributed by atoms with E-state index >= 15 is 0 Å². The van der Waals surface area contributed by atoms with Gasteiger partial charge in [0.15, 0.2) is 0 Å². The lowest BCUT2D eigenvalue weighted by atomic mass is 9.98. The number of hydrogen-bond acceptors (Lipinski definition) is 4. The van der Waals surface area contributed by atoms with Crippen molar-refractivity contribution in [3.8, 4) is 22.4 Å². The number of carbonyl (C=O) groups excluding carboxylic acids is 1. The Morgan fingerprint density at radius 2 is 1.69 bits per heavy atom. The van der Waals surface area contributed by atoms with Crippen LogP contribution in [-0.4, -0.2) is 29.1 Å². The Labute approximate surface area is 216 Å². The number of nitrogens with two attached hydrogens (primary N) is 1. The van der Waals surface area contributed by atoms with Crippen molar-refractivity contribution in [2.75, 3.05) is 0 Å². The van der Waals surface area contributed by atoms with Crippen LogP contribution in [0, 0.1) is 0 Å². The number of hydrogen-bond donors (Lipinski definition) is 3. The molecule has 0 aliphatic carbocycles. The average molecular weight is 540 g/mol. The molecule has 0 saturated heterocycles. The highest BCUT2D eigenvalue weighted by Gasteiger charge is 2.27. The zero-order valence-corrected chi connectivity index (χ0v) is 20.9. The van der Waals surface area contributed by atoms with Crippen molar-refractivity contribution in [1.29, 1.82) is 0 Å². The Balaban J connectivity index is 1.79. The van der Waals surface area contributed by atoms with E-state index in [1.807, 2.05) is 47.2 Å². The van der Waals surface area contributed by atoms with Crippen LogP contribution in [0.25, 0.3) is 33.3 Å². The fourth-order valence-electron chi connectivity index (χ4n) is 4.13. The lowest BCUT2D eigenvalue weighted by Crippen LogP contribution is -2.36. The van der Waals surface area contributed by atoms with Gasteiger partial charge in [0.1, 0.15) is 5.69 Å². The van der Waals surface area contributed by atoms with Crippen LogP contribution in [0.2, 0.25) is 10.0 Å². The molecule has 0 fully saturated rings. The molecule has 0 saturated carbocycles. The Bertz CT molecular complexity index is 1700. The third kappa shape index (κ3) is 4.87. The normalized spacial score (nSPS) is 11.6. The molecule has 1 amide bonds. The molecule has 0 unspecified atom stereocenters. The second kappa shape index (κ2) is 9.44. The van der Waals surface area contributed by atoms with E-state index in [0.717, 1.165) is 16.7 Å². The molecule has 0 aliphatic heterocycles. The first-order valence-corrected chi connectivity index (χ1v) is 13.0. The molecule has 11 heteroatoms. The third-order valence-corrected chi connectivity index (χ3v) is 6.59. The van der Waals surface area contributed by atoms with Gasteiger partial charge in [-0.3, -0.25) is 9.48 Å². The van der Waals surface area contributed by atoms with Crippen LogP contribution in [0.1, 0.15) is 16.1 Å². The summed E-state index contributed by atoms with van der Waals surface area (Å²) in [6.45, 7) is 0.371. The maximum atomic E-state index is 13.1. The van der Waals surface area contributed by atoms with E-state index in [-0.39, 0.29) is 5.69 Å². The third-order valence-electron chi connectivity index (χ3n) is 5.63. The number of H-pyrrole nitrogens is 1. The summed E-state index contributed by atoms with van der Waals surface area (Å²) in [5, 5.41) is 11.5. The van der Waals surface area contributed by atoms with Crippen LogP contribution < -0.4 is 9.86 Å². The Hall–Kier alpha value is -3.63. The van der Waals surface area contributed by atoms with E-state index in [1.165, 1.54) is 0 Å². The summed E-state index contributed by atoms with van der Waals surface area (Å²) >= 11 is 12.3. The molecule has 36 heavy (non-hydrogen) atoms. The molecule has 4 N–H and O–H groups in total. The average Bonchev–Trinajstić information content (AvgIpc) is 3.40. The Morgan fingerprint density at radius 1 is 1.00 bits per heavy atom. The minimum atomic E-state index is -4.31. The van der Waals surface area contributed by atoms with E-state index in [9.17, 15) is 13.2 Å². The molecule has 5 aromatic rings. The molecule has 8 nitrogen and oxygen atoms in total. The molecular formula is C25H19Cl2N5O3S. The van der Waals surface area contributed by atoms with Gasteiger partial charge in [-0.05, 0) is 35.4 Å². The van der Waals surface area contributed by atoms with Crippen molar-refractivity contribution in [1.82, 2.24) is 19.5 Å². The number of benzene rings is 3. The smallest absolute Gasteiger partial charge is 0.299 e. The zero-order valence-electron chi connectivity index (χ0n) is 18.6. The van der Waals surface area contributed by atoms with Gasteiger partial charge in [0, 0.05) is 32.1 Å². The molecular weight excluding hydrogens is 521 g/mol. The van der Waals surface area contributed by atoms with Gasteiger partial charge in [0.25, 0.3) is 16.1 Å². The predicted octanol–water partition coefficient (Wildman–Crippen LogP) is 4.99. The summed E-state index contributed by atoms with van der Waals surface area (Å²) in [6.07, 6.45) is 1.72. The largest absolute Gasteiger partial charge is 0.350 e. The van der Waals surface area contributed by atoms with Gasteiger partial charge in [0.05, 0.1) is 18.4 Å². The molecule has 5 rings (SSSR count). The maximum absolute atomic E-state index is 13.1. The first kappa shape index (κ1) is 24.1. The minimum Gasteiger partial charge on any atom is -0.350 e. The number of rotatable bonds is 6. The molecule has 182 valence electrons. The summed E-state index contributed by atoms with van der Waals surface area (Å²) in [5.74, 6) is -0.905. The number of halogens is 2. The van der Waals surface area contributed by atoms with Gasteiger partial charge in [-0.25, -0.2) is 9.86 Å². The van der Waals surface area contributed by atoms with Gasteiger partial charge >= 0.3 is 0 Å². The lowest BCUT2D eigenvalue weighted by Gasteiger charge is -2.12. The van der Waals surface area contributed by atoms with Crippen LogP contribution >= 0.6 is 23.2 Å². The van der Waals surface area contributed by atoms with Crippen molar-refractivity contribution in [3.05, 3.63) is 100 Å². The zero-order chi connectivity index (χ0) is 25.4. The summed E-state index contributed by atoms with van der Waals surface area (Å²) in [4.78, 5) is 16.1. The van der Waals surface area contributed by atoms with Gasteiger partial charge < -0.3 is 4.98 Å². The number of aromatic amines is 1. The molecule has 0 bridgehead atoms. The summed E-state index contributed by atoms with van der Waals surface area (Å²) in [5.41, 5.74) is 4.20. The standard InChI is InChI=1S/C25H19Cl2N5O3S/c26-17-8-6-15(7-9-17)14-32-24(20(13-29-32)16-4-2-1-3-5-16)22-19-11-10-18(27)12-21(19)30-23(22)25(33)31-36(28,34)35/h1-13,30H,14H2,(H,31,33)(H2,28,34,35). The number of amides is 1. The van der Waals surface area contributed by atoms with Gasteiger partial charge in [-0.1, -0.05) is 71.7 Å². The number of nitrogens with one attached hydrogen (secondary N) is 2. The topological polar surface area (TPSA) is 123 Å². The fourth-order valence-corrected chi connectivity index (χ4v) is 4.79. The van der Waals surface area contributed by atoms with Gasteiger partial charge in [-0.2, -0.15) is 13.5 Å². The highest BCUT2D eigenvalue weighted by Crippen LogP contribution is 2.40. The van der Waals surface area contributed by atoms with Crippen LogP contribution in [0.15, 0.2) is 79.0 Å². The van der Waals surface area contributed by atoms with E-state index < -0.39 is 16.1 Å². The van der Waals surface area contributed by atoms with E-state index in [0.29, 0.717) is 38.8 Å².